The zero-order valence-electron chi connectivity index (χ0n) is 15.9. The molecule has 144 valence electrons. The van der Waals surface area contributed by atoms with Crippen LogP contribution < -0.4 is 10.6 Å². The maximum atomic E-state index is 4.71. The average molecular weight is 479 g/mol. The van der Waals surface area contributed by atoms with Crippen LogP contribution in [0.2, 0.25) is 0 Å². The lowest BCUT2D eigenvalue weighted by molar-refractivity contribution is 0.197. The molecule has 0 bridgehead atoms. The number of piperidine rings is 1. The zero-order valence-corrected chi connectivity index (χ0v) is 19.0. The summed E-state index contributed by atoms with van der Waals surface area (Å²) in [5, 5.41) is 7.97. The highest BCUT2D eigenvalue weighted by molar-refractivity contribution is 14.0. The molecular formula is C18H34IN5S. The van der Waals surface area contributed by atoms with Crippen molar-refractivity contribution in [1.82, 2.24) is 20.5 Å². The normalized spacial score (nSPS) is 16.5. The maximum absolute atomic E-state index is 4.71. The molecule has 5 nitrogen and oxygen atoms in total. The van der Waals surface area contributed by atoms with E-state index in [0.29, 0.717) is 0 Å². The molecule has 0 atom stereocenters. The lowest BCUT2D eigenvalue weighted by atomic mass is 9.99. The molecule has 0 unspecified atom stereocenters. The molecule has 1 aliphatic heterocycles. The molecule has 0 amide bonds. The van der Waals surface area contributed by atoms with E-state index in [-0.39, 0.29) is 24.0 Å². The highest BCUT2D eigenvalue weighted by Crippen LogP contribution is 2.15. The molecule has 0 aliphatic carbocycles. The van der Waals surface area contributed by atoms with Crippen molar-refractivity contribution in [2.45, 2.75) is 46.5 Å². The third kappa shape index (κ3) is 8.68. The summed E-state index contributed by atoms with van der Waals surface area (Å²) in [6.45, 7) is 12.8. The van der Waals surface area contributed by atoms with Gasteiger partial charge < -0.3 is 15.5 Å². The van der Waals surface area contributed by atoms with Crippen LogP contribution in [-0.4, -0.2) is 55.1 Å². The molecule has 2 heterocycles. The van der Waals surface area contributed by atoms with Gasteiger partial charge in [0.15, 0.2) is 5.96 Å². The van der Waals surface area contributed by atoms with E-state index in [1.165, 1.54) is 35.8 Å². The molecule has 0 saturated carbocycles. The minimum atomic E-state index is 0. The van der Waals surface area contributed by atoms with Gasteiger partial charge in [0.1, 0.15) is 0 Å². The average Bonchev–Trinajstić information content (AvgIpc) is 3.05. The van der Waals surface area contributed by atoms with Crippen LogP contribution in [0.1, 0.15) is 43.5 Å². The third-order valence-electron chi connectivity index (χ3n) is 4.49. The van der Waals surface area contributed by atoms with Gasteiger partial charge in [-0.2, -0.15) is 0 Å². The summed E-state index contributed by atoms with van der Waals surface area (Å²) in [6.07, 6.45) is 6.69. The smallest absolute Gasteiger partial charge is 0.191 e. The summed E-state index contributed by atoms with van der Waals surface area (Å²) < 4.78 is 0. The van der Waals surface area contributed by atoms with E-state index in [1.807, 2.05) is 17.5 Å². The third-order valence-corrected chi connectivity index (χ3v) is 5.69. The van der Waals surface area contributed by atoms with Crippen molar-refractivity contribution >= 4 is 41.3 Å². The molecule has 1 aromatic rings. The number of aliphatic imine (C=N–C) groups is 1. The van der Waals surface area contributed by atoms with Crippen LogP contribution in [0.5, 0.6) is 0 Å². The molecule has 1 aromatic heterocycles. The Bertz CT molecular complexity index is 497. The number of hydrogen-bond acceptors (Lipinski definition) is 4. The summed E-state index contributed by atoms with van der Waals surface area (Å²) in [6, 6.07) is 0. The van der Waals surface area contributed by atoms with Gasteiger partial charge in [-0.3, -0.25) is 4.99 Å². The van der Waals surface area contributed by atoms with Crippen molar-refractivity contribution in [3.8, 4) is 0 Å². The second-order valence-electron chi connectivity index (χ2n) is 6.54. The topological polar surface area (TPSA) is 52.6 Å². The monoisotopic (exact) mass is 479 g/mol. The van der Waals surface area contributed by atoms with Gasteiger partial charge >= 0.3 is 0 Å². The quantitative estimate of drug-likeness (QED) is 0.342. The number of nitrogens with zero attached hydrogens (tertiary/aromatic N) is 3. The predicted octanol–water partition coefficient (Wildman–Crippen LogP) is 3.15. The minimum Gasteiger partial charge on any atom is -0.357 e. The Morgan fingerprint density at radius 2 is 2.08 bits per heavy atom. The Balaban J connectivity index is 0.00000312. The summed E-state index contributed by atoms with van der Waals surface area (Å²) in [5.41, 5.74) is 0. The Morgan fingerprint density at radius 1 is 1.32 bits per heavy atom. The molecule has 0 radical (unpaired) electrons. The Kier molecular flexibility index (Phi) is 11.6. The maximum Gasteiger partial charge on any atom is 0.191 e. The highest BCUT2D eigenvalue weighted by Gasteiger charge is 2.14. The fourth-order valence-electron chi connectivity index (χ4n) is 2.85. The molecule has 1 aliphatic rings. The summed E-state index contributed by atoms with van der Waals surface area (Å²) in [7, 11) is 0. The van der Waals surface area contributed by atoms with Gasteiger partial charge in [0.2, 0.25) is 0 Å². The number of likely N-dealkylation sites (tertiary alicyclic amines) is 1. The van der Waals surface area contributed by atoms with Crippen LogP contribution >= 0.6 is 35.3 Å². The number of thiazole rings is 1. The fraction of sp³-hybridized carbons (Fsp3) is 0.778. The van der Waals surface area contributed by atoms with E-state index in [9.17, 15) is 0 Å². The van der Waals surface area contributed by atoms with E-state index < -0.39 is 0 Å². The van der Waals surface area contributed by atoms with Gasteiger partial charge in [0.25, 0.3) is 0 Å². The molecule has 1 saturated heterocycles. The number of rotatable bonds is 8. The molecule has 2 rings (SSSR count). The first-order chi connectivity index (χ1) is 11.7. The molecule has 2 N–H and O–H groups in total. The van der Waals surface area contributed by atoms with Crippen LogP contribution in [0.25, 0.3) is 0 Å². The van der Waals surface area contributed by atoms with Crippen molar-refractivity contribution in [2.75, 3.05) is 39.3 Å². The van der Waals surface area contributed by atoms with Crippen molar-refractivity contribution in [2.24, 2.45) is 10.9 Å². The Labute approximate surface area is 174 Å². The SMILES string of the molecule is CCNC(=NCCN1CCC(C)CC1)NCCc1ncc(CC)s1.I. The molecular weight excluding hydrogens is 445 g/mol. The molecule has 25 heavy (non-hydrogen) atoms. The van der Waals surface area contributed by atoms with E-state index in [1.54, 1.807) is 0 Å². The van der Waals surface area contributed by atoms with Crippen LogP contribution in [0.4, 0.5) is 0 Å². The van der Waals surface area contributed by atoms with Gasteiger partial charge in [-0.05, 0) is 45.2 Å². The lowest BCUT2D eigenvalue weighted by Gasteiger charge is -2.29. The molecule has 7 heteroatoms. The number of nitrogens with one attached hydrogen (secondary N) is 2. The van der Waals surface area contributed by atoms with Crippen molar-refractivity contribution in [3.05, 3.63) is 16.1 Å². The van der Waals surface area contributed by atoms with Crippen LogP contribution in [0, 0.1) is 5.92 Å². The number of hydrogen-bond donors (Lipinski definition) is 2. The number of guanidine groups is 1. The standard InChI is InChI=1S/C18H33N5S.HI/c1-4-16-14-22-17(24-16)6-9-20-18(19-5-2)21-10-13-23-11-7-15(3)8-12-23;/h14-15H,4-13H2,1-3H3,(H2,19,20,21);1H. The van der Waals surface area contributed by atoms with Gasteiger partial charge in [0.05, 0.1) is 11.6 Å². The summed E-state index contributed by atoms with van der Waals surface area (Å²) in [5.74, 6) is 1.82. The van der Waals surface area contributed by atoms with E-state index in [2.05, 4.69) is 41.3 Å². The number of aromatic nitrogens is 1. The van der Waals surface area contributed by atoms with Crippen molar-refractivity contribution in [3.63, 3.8) is 0 Å². The van der Waals surface area contributed by atoms with E-state index in [0.717, 1.165) is 50.9 Å². The van der Waals surface area contributed by atoms with Crippen LogP contribution in [0.3, 0.4) is 0 Å². The second kappa shape index (κ2) is 12.9. The molecule has 0 aromatic carbocycles. The highest BCUT2D eigenvalue weighted by atomic mass is 127. The largest absolute Gasteiger partial charge is 0.357 e. The minimum absolute atomic E-state index is 0. The lowest BCUT2D eigenvalue weighted by Crippen LogP contribution is -2.39. The second-order valence-corrected chi connectivity index (χ2v) is 7.74. The Morgan fingerprint density at radius 3 is 2.72 bits per heavy atom. The van der Waals surface area contributed by atoms with Crippen LogP contribution in [0.15, 0.2) is 11.2 Å². The summed E-state index contributed by atoms with van der Waals surface area (Å²) in [4.78, 5) is 13.1. The van der Waals surface area contributed by atoms with Crippen molar-refractivity contribution in [1.29, 1.82) is 0 Å². The first-order valence-corrected chi connectivity index (χ1v) is 10.2. The molecule has 1 fully saturated rings. The van der Waals surface area contributed by atoms with Gasteiger partial charge in [0, 0.05) is 37.1 Å². The summed E-state index contributed by atoms with van der Waals surface area (Å²) >= 11 is 1.82. The predicted molar refractivity (Wildman–Crippen MR) is 119 cm³/mol. The van der Waals surface area contributed by atoms with E-state index >= 15 is 0 Å². The molecule has 0 spiro atoms. The van der Waals surface area contributed by atoms with Gasteiger partial charge in [-0.15, -0.1) is 35.3 Å². The van der Waals surface area contributed by atoms with Gasteiger partial charge in [-0.1, -0.05) is 13.8 Å². The first kappa shape index (κ1) is 22.6. The number of aryl methyl sites for hydroxylation is 1. The van der Waals surface area contributed by atoms with Crippen molar-refractivity contribution < 1.29 is 0 Å². The Hall–Kier alpha value is -0.410. The first-order valence-electron chi connectivity index (χ1n) is 9.39. The fourth-order valence-corrected chi connectivity index (χ4v) is 3.71. The van der Waals surface area contributed by atoms with Gasteiger partial charge in [-0.25, -0.2) is 4.98 Å². The van der Waals surface area contributed by atoms with Crippen LogP contribution in [-0.2, 0) is 12.8 Å². The zero-order chi connectivity index (χ0) is 17.2. The number of halogens is 1. The van der Waals surface area contributed by atoms with E-state index in [4.69, 9.17) is 4.99 Å².